The van der Waals surface area contributed by atoms with Gasteiger partial charge in [-0.2, -0.15) is 0 Å². The molecule has 0 radical (unpaired) electrons. The molecule has 1 atom stereocenters. The third-order valence-electron chi connectivity index (χ3n) is 4.72. The van der Waals surface area contributed by atoms with Gasteiger partial charge in [0.15, 0.2) is 17.3 Å². The van der Waals surface area contributed by atoms with Gasteiger partial charge >= 0.3 is 5.97 Å². The van der Waals surface area contributed by atoms with E-state index in [0.29, 0.717) is 47.7 Å². The number of esters is 1. The lowest BCUT2D eigenvalue weighted by Gasteiger charge is -2.32. The van der Waals surface area contributed by atoms with Crippen molar-refractivity contribution in [2.24, 2.45) is 5.73 Å². The van der Waals surface area contributed by atoms with Crippen molar-refractivity contribution in [2.75, 3.05) is 20.8 Å². The van der Waals surface area contributed by atoms with Crippen molar-refractivity contribution in [1.29, 1.82) is 0 Å². The summed E-state index contributed by atoms with van der Waals surface area (Å²) in [5, 5.41) is 0. The SMILES string of the molecule is CCOC(=O)C1=C(N)OC2=C(C(=O)CCC2)[C@@H]1c1ccc(OC)c(OC)c1. The first-order valence-corrected chi connectivity index (χ1v) is 8.84. The normalized spacial score (nSPS) is 19.4. The van der Waals surface area contributed by atoms with Crippen molar-refractivity contribution in [2.45, 2.75) is 32.1 Å². The highest BCUT2D eigenvalue weighted by atomic mass is 16.5. The van der Waals surface area contributed by atoms with Crippen molar-refractivity contribution >= 4 is 11.8 Å². The van der Waals surface area contributed by atoms with Crippen molar-refractivity contribution in [3.8, 4) is 11.5 Å². The number of ether oxygens (including phenoxy) is 4. The first kappa shape index (κ1) is 18.8. The molecule has 3 rings (SSSR count). The van der Waals surface area contributed by atoms with Crippen molar-refractivity contribution in [3.63, 3.8) is 0 Å². The molecule has 1 aliphatic carbocycles. The molecule has 1 aromatic rings. The van der Waals surface area contributed by atoms with Gasteiger partial charge in [0.2, 0.25) is 5.88 Å². The van der Waals surface area contributed by atoms with E-state index in [4.69, 9.17) is 24.7 Å². The molecule has 1 aromatic carbocycles. The summed E-state index contributed by atoms with van der Waals surface area (Å²) in [5.41, 5.74) is 7.36. The fraction of sp³-hybridized carbons (Fsp3) is 0.400. The first-order valence-electron chi connectivity index (χ1n) is 8.84. The van der Waals surface area contributed by atoms with Crippen LogP contribution in [0.2, 0.25) is 0 Å². The van der Waals surface area contributed by atoms with Crippen LogP contribution in [-0.4, -0.2) is 32.6 Å². The zero-order chi connectivity index (χ0) is 19.6. The number of nitrogens with two attached hydrogens (primary N) is 1. The van der Waals surface area contributed by atoms with E-state index < -0.39 is 11.9 Å². The van der Waals surface area contributed by atoms with E-state index in [1.807, 2.05) is 0 Å². The number of methoxy groups -OCH3 is 2. The predicted octanol–water partition coefficient (Wildman–Crippen LogP) is 2.56. The van der Waals surface area contributed by atoms with Crippen LogP contribution in [0, 0.1) is 0 Å². The summed E-state index contributed by atoms with van der Waals surface area (Å²) in [7, 11) is 3.07. The lowest BCUT2D eigenvalue weighted by atomic mass is 9.77. The van der Waals surface area contributed by atoms with Gasteiger partial charge in [0.05, 0.1) is 26.7 Å². The monoisotopic (exact) mass is 373 g/mol. The summed E-state index contributed by atoms with van der Waals surface area (Å²) in [4.78, 5) is 25.3. The van der Waals surface area contributed by atoms with Gasteiger partial charge in [-0.1, -0.05) is 6.07 Å². The van der Waals surface area contributed by atoms with E-state index in [2.05, 4.69) is 0 Å². The van der Waals surface area contributed by atoms with Crippen LogP contribution >= 0.6 is 0 Å². The molecule has 7 heteroatoms. The number of allylic oxidation sites excluding steroid dienone is 2. The number of ketones is 1. The smallest absolute Gasteiger partial charge is 0.340 e. The maximum atomic E-state index is 12.7. The Morgan fingerprint density at radius 3 is 2.63 bits per heavy atom. The lowest BCUT2D eigenvalue weighted by Crippen LogP contribution is -2.31. The number of carbonyl (C=O) groups is 2. The van der Waals surface area contributed by atoms with Crippen LogP contribution in [0.4, 0.5) is 0 Å². The van der Waals surface area contributed by atoms with Crippen LogP contribution in [0.15, 0.2) is 41.0 Å². The van der Waals surface area contributed by atoms with Crippen molar-refractivity contribution in [3.05, 3.63) is 46.6 Å². The maximum absolute atomic E-state index is 12.7. The van der Waals surface area contributed by atoms with Crippen LogP contribution < -0.4 is 15.2 Å². The second kappa shape index (κ2) is 7.73. The predicted molar refractivity (Wildman–Crippen MR) is 97.1 cm³/mol. The molecule has 0 bridgehead atoms. The second-order valence-corrected chi connectivity index (χ2v) is 6.26. The zero-order valence-electron chi connectivity index (χ0n) is 15.7. The van der Waals surface area contributed by atoms with Crippen molar-refractivity contribution in [1.82, 2.24) is 0 Å². The van der Waals surface area contributed by atoms with Crippen LogP contribution in [0.25, 0.3) is 0 Å². The van der Waals surface area contributed by atoms with Gasteiger partial charge in [0.1, 0.15) is 11.3 Å². The molecule has 0 aromatic heterocycles. The molecular weight excluding hydrogens is 350 g/mol. The Morgan fingerprint density at radius 2 is 1.96 bits per heavy atom. The van der Waals surface area contributed by atoms with Gasteiger partial charge in [-0.3, -0.25) is 4.79 Å². The Morgan fingerprint density at radius 1 is 1.22 bits per heavy atom. The molecule has 2 aliphatic rings. The van der Waals surface area contributed by atoms with E-state index in [-0.39, 0.29) is 23.8 Å². The summed E-state index contributed by atoms with van der Waals surface area (Å²) in [6.45, 7) is 1.90. The van der Waals surface area contributed by atoms with E-state index in [1.54, 1.807) is 32.2 Å². The Hall–Kier alpha value is -2.96. The standard InChI is InChI=1S/C20H23NO6/c1-4-26-20(23)18-16(11-8-9-13(24-2)15(10-11)25-3)17-12(22)6-5-7-14(17)27-19(18)21/h8-10,16H,4-7,21H2,1-3H3/t16-/m0/s1. The molecule has 1 aliphatic heterocycles. The Balaban J connectivity index is 2.18. The van der Waals surface area contributed by atoms with Gasteiger partial charge in [0, 0.05) is 18.4 Å². The fourth-order valence-corrected chi connectivity index (χ4v) is 3.53. The molecular formula is C20H23NO6. The van der Waals surface area contributed by atoms with Gasteiger partial charge in [-0.25, -0.2) is 4.79 Å². The van der Waals surface area contributed by atoms with Gasteiger partial charge in [0.25, 0.3) is 0 Å². The molecule has 0 saturated carbocycles. The highest BCUT2D eigenvalue weighted by molar-refractivity contribution is 6.03. The molecule has 2 N–H and O–H groups in total. The quantitative estimate of drug-likeness (QED) is 0.792. The third-order valence-corrected chi connectivity index (χ3v) is 4.72. The highest BCUT2D eigenvalue weighted by Crippen LogP contribution is 2.45. The average Bonchev–Trinajstić information content (AvgIpc) is 2.66. The highest BCUT2D eigenvalue weighted by Gasteiger charge is 2.41. The summed E-state index contributed by atoms with van der Waals surface area (Å²) < 4.78 is 21.5. The van der Waals surface area contributed by atoms with E-state index in [9.17, 15) is 9.59 Å². The van der Waals surface area contributed by atoms with Crippen LogP contribution in [-0.2, 0) is 19.1 Å². The molecule has 144 valence electrons. The summed E-state index contributed by atoms with van der Waals surface area (Å²) in [5.74, 6) is 0.226. The molecule has 27 heavy (non-hydrogen) atoms. The number of rotatable bonds is 5. The van der Waals surface area contributed by atoms with Crippen LogP contribution in [0.1, 0.15) is 37.7 Å². The maximum Gasteiger partial charge on any atom is 0.340 e. The Bertz CT molecular complexity index is 839. The summed E-state index contributed by atoms with van der Waals surface area (Å²) in [6.07, 6.45) is 1.70. The average molecular weight is 373 g/mol. The fourth-order valence-electron chi connectivity index (χ4n) is 3.53. The number of benzene rings is 1. The van der Waals surface area contributed by atoms with Gasteiger partial charge in [-0.15, -0.1) is 0 Å². The van der Waals surface area contributed by atoms with E-state index >= 15 is 0 Å². The Labute approximate surface area is 157 Å². The Kier molecular flexibility index (Phi) is 5.39. The van der Waals surface area contributed by atoms with E-state index in [0.717, 1.165) is 0 Å². The zero-order valence-corrected chi connectivity index (χ0v) is 15.7. The molecule has 0 amide bonds. The van der Waals surface area contributed by atoms with Crippen LogP contribution in [0.5, 0.6) is 11.5 Å². The minimum absolute atomic E-state index is 0.0262. The number of hydrogen-bond donors (Lipinski definition) is 1. The molecule has 0 spiro atoms. The number of Topliss-reactive ketones (excluding diaryl/α,β-unsaturated/α-hetero) is 1. The summed E-state index contributed by atoms with van der Waals surface area (Å²) >= 11 is 0. The molecule has 0 unspecified atom stereocenters. The van der Waals surface area contributed by atoms with Crippen LogP contribution in [0.3, 0.4) is 0 Å². The number of carbonyl (C=O) groups excluding carboxylic acids is 2. The number of hydrogen-bond acceptors (Lipinski definition) is 7. The minimum Gasteiger partial charge on any atom is -0.493 e. The molecule has 1 heterocycles. The minimum atomic E-state index is -0.666. The van der Waals surface area contributed by atoms with Gasteiger partial charge < -0.3 is 24.7 Å². The second-order valence-electron chi connectivity index (χ2n) is 6.26. The first-order chi connectivity index (χ1) is 13.0. The lowest BCUT2D eigenvalue weighted by molar-refractivity contribution is -0.139. The topological polar surface area (TPSA) is 97.1 Å². The molecule has 0 fully saturated rings. The molecule has 7 nitrogen and oxygen atoms in total. The van der Waals surface area contributed by atoms with Crippen molar-refractivity contribution < 1.29 is 28.5 Å². The largest absolute Gasteiger partial charge is 0.493 e. The van der Waals surface area contributed by atoms with E-state index in [1.165, 1.54) is 7.11 Å². The third kappa shape index (κ3) is 3.37. The molecule has 0 saturated heterocycles. The van der Waals surface area contributed by atoms with Gasteiger partial charge in [-0.05, 0) is 31.0 Å². The summed E-state index contributed by atoms with van der Waals surface area (Å²) in [6, 6.07) is 5.26.